The highest BCUT2D eigenvalue weighted by atomic mass is 14.9. The van der Waals surface area contributed by atoms with Crippen molar-refractivity contribution in [1.29, 1.82) is 0 Å². The molecule has 0 aliphatic carbocycles. The summed E-state index contributed by atoms with van der Waals surface area (Å²) in [6, 6.07) is 5.16. The highest BCUT2D eigenvalue weighted by molar-refractivity contribution is 5.37. The molecule has 1 N–H and O–H groups in total. The van der Waals surface area contributed by atoms with Crippen molar-refractivity contribution >= 4 is 0 Å². The molecule has 0 fully saturated rings. The molecule has 0 spiro atoms. The maximum Gasteiger partial charge on any atom is 0.0213 e. The minimum atomic E-state index is 0.597. The molecule has 0 bridgehead atoms. The van der Waals surface area contributed by atoms with Gasteiger partial charge in [-0.05, 0) is 56.7 Å². The third-order valence-electron chi connectivity index (χ3n) is 3.92. The van der Waals surface area contributed by atoms with Gasteiger partial charge in [0.25, 0.3) is 0 Å². The zero-order chi connectivity index (χ0) is 13.7. The van der Waals surface area contributed by atoms with Crippen LogP contribution < -0.4 is 5.32 Å². The van der Waals surface area contributed by atoms with Crippen LogP contribution in [0, 0.1) is 26.7 Å². The Kier molecular flexibility index (Phi) is 5.87. The lowest BCUT2D eigenvalue weighted by Gasteiger charge is -2.19. The fraction of sp³-hybridized carbons (Fsp3) is 0.647. The van der Waals surface area contributed by atoms with Crippen LogP contribution in [-0.2, 0) is 6.54 Å². The number of rotatable bonds is 6. The summed E-state index contributed by atoms with van der Waals surface area (Å²) in [4.78, 5) is 0. The van der Waals surface area contributed by atoms with Gasteiger partial charge in [0.15, 0.2) is 0 Å². The van der Waals surface area contributed by atoms with Crippen molar-refractivity contribution < 1.29 is 0 Å². The molecule has 0 saturated heterocycles. The van der Waals surface area contributed by atoms with Crippen molar-refractivity contribution in [3.63, 3.8) is 0 Å². The molecule has 0 aliphatic rings. The van der Waals surface area contributed by atoms with Crippen LogP contribution in [0.15, 0.2) is 12.1 Å². The molecule has 0 saturated carbocycles. The number of hydrogen-bond donors (Lipinski definition) is 1. The van der Waals surface area contributed by atoms with Gasteiger partial charge in [-0.2, -0.15) is 0 Å². The summed E-state index contributed by atoms with van der Waals surface area (Å²) in [6.07, 6.45) is 2.54. The Balaban J connectivity index is 2.58. The second-order valence-electron chi connectivity index (χ2n) is 5.91. The molecular formula is C17H29N. The Morgan fingerprint density at radius 3 is 2.11 bits per heavy atom. The van der Waals surface area contributed by atoms with Gasteiger partial charge in [0.1, 0.15) is 0 Å². The predicted molar refractivity (Wildman–Crippen MR) is 81.0 cm³/mol. The number of aryl methyl sites for hydroxylation is 3. The van der Waals surface area contributed by atoms with Gasteiger partial charge >= 0.3 is 0 Å². The van der Waals surface area contributed by atoms with Gasteiger partial charge in [0.2, 0.25) is 0 Å². The van der Waals surface area contributed by atoms with Crippen molar-refractivity contribution in [3.05, 3.63) is 34.4 Å². The molecule has 102 valence electrons. The minimum absolute atomic E-state index is 0.597. The predicted octanol–water partition coefficient (Wildman–Crippen LogP) is 4.53. The van der Waals surface area contributed by atoms with E-state index in [-0.39, 0.29) is 0 Å². The first-order chi connectivity index (χ1) is 8.43. The molecule has 2 unspecified atom stereocenters. The van der Waals surface area contributed by atoms with Gasteiger partial charge in [-0.25, -0.2) is 0 Å². The Bertz CT molecular complexity index is 358. The molecule has 18 heavy (non-hydrogen) atoms. The van der Waals surface area contributed by atoms with Crippen LogP contribution in [0.4, 0.5) is 0 Å². The molecule has 0 heterocycles. The van der Waals surface area contributed by atoms with Gasteiger partial charge < -0.3 is 5.32 Å². The lowest BCUT2D eigenvalue weighted by atomic mass is 9.98. The summed E-state index contributed by atoms with van der Waals surface area (Å²) >= 11 is 0. The van der Waals surface area contributed by atoms with E-state index in [1.165, 1.54) is 35.1 Å². The van der Waals surface area contributed by atoms with Crippen LogP contribution in [0.25, 0.3) is 0 Å². The Hall–Kier alpha value is -0.820. The van der Waals surface area contributed by atoms with Gasteiger partial charge in [-0.1, -0.05) is 38.0 Å². The van der Waals surface area contributed by atoms with E-state index in [0.717, 1.165) is 12.5 Å². The normalized spacial score (nSPS) is 14.6. The third-order valence-corrected chi connectivity index (χ3v) is 3.92. The van der Waals surface area contributed by atoms with Crippen LogP contribution in [0.1, 0.15) is 55.9 Å². The summed E-state index contributed by atoms with van der Waals surface area (Å²) in [6.45, 7) is 14.5. The van der Waals surface area contributed by atoms with Crippen molar-refractivity contribution in [2.24, 2.45) is 5.92 Å². The fourth-order valence-electron chi connectivity index (χ4n) is 2.62. The van der Waals surface area contributed by atoms with E-state index in [0.29, 0.717) is 6.04 Å². The molecule has 1 heteroatoms. The first kappa shape index (κ1) is 15.2. The third kappa shape index (κ3) is 4.45. The van der Waals surface area contributed by atoms with Gasteiger partial charge in [-0.3, -0.25) is 0 Å². The largest absolute Gasteiger partial charge is 0.310 e. The Morgan fingerprint density at radius 2 is 1.61 bits per heavy atom. The number of benzene rings is 1. The molecule has 1 aromatic carbocycles. The SMILES string of the molecule is CCC(C)CC(C)NCc1c(C)cc(C)cc1C. The maximum absolute atomic E-state index is 3.67. The van der Waals surface area contributed by atoms with Gasteiger partial charge in [0.05, 0.1) is 0 Å². The van der Waals surface area contributed by atoms with E-state index in [4.69, 9.17) is 0 Å². The monoisotopic (exact) mass is 247 g/mol. The molecule has 0 radical (unpaired) electrons. The quantitative estimate of drug-likeness (QED) is 0.779. The second kappa shape index (κ2) is 6.94. The van der Waals surface area contributed by atoms with Gasteiger partial charge in [-0.15, -0.1) is 0 Å². The van der Waals surface area contributed by atoms with E-state index in [1.54, 1.807) is 0 Å². The van der Waals surface area contributed by atoms with Crippen LogP contribution in [-0.4, -0.2) is 6.04 Å². The summed E-state index contributed by atoms with van der Waals surface area (Å²) in [5, 5.41) is 3.67. The van der Waals surface area contributed by atoms with E-state index in [1.807, 2.05) is 0 Å². The number of hydrogen-bond acceptors (Lipinski definition) is 1. The first-order valence-electron chi connectivity index (χ1n) is 7.24. The van der Waals surface area contributed by atoms with E-state index >= 15 is 0 Å². The van der Waals surface area contributed by atoms with Gasteiger partial charge in [0, 0.05) is 12.6 Å². The van der Waals surface area contributed by atoms with Crippen LogP contribution in [0.2, 0.25) is 0 Å². The molecule has 0 amide bonds. The average Bonchev–Trinajstić information content (AvgIpc) is 2.27. The topological polar surface area (TPSA) is 12.0 Å². The van der Waals surface area contributed by atoms with Crippen LogP contribution in [0.5, 0.6) is 0 Å². The summed E-state index contributed by atoms with van der Waals surface area (Å²) in [7, 11) is 0. The smallest absolute Gasteiger partial charge is 0.0213 e. The molecule has 1 aromatic rings. The zero-order valence-corrected chi connectivity index (χ0v) is 12.9. The lowest BCUT2D eigenvalue weighted by molar-refractivity contribution is 0.411. The fourth-order valence-corrected chi connectivity index (χ4v) is 2.62. The maximum atomic E-state index is 3.67. The Morgan fingerprint density at radius 1 is 1.06 bits per heavy atom. The van der Waals surface area contributed by atoms with Crippen LogP contribution in [0.3, 0.4) is 0 Å². The van der Waals surface area contributed by atoms with Crippen molar-refractivity contribution in [3.8, 4) is 0 Å². The lowest BCUT2D eigenvalue weighted by Crippen LogP contribution is -2.27. The van der Waals surface area contributed by atoms with Crippen LogP contribution >= 0.6 is 0 Å². The molecular weight excluding hydrogens is 218 g/mol. The summed E-state index contributed by atoms with van der Waals surface area (Å²) in [5.74, 6) is 0.813. The molecule has 1 nitrogen and oxygen atoms in total. The molecule has 0 aromatic heterocycles. The highest BCUT2D eigenvalue weighted by Gasteiger charge is 2.09. The van der Waals surface area contributed by atoms with E-state index in [9.17, 15) is 0 Å². The Labute approximate surface area is 113 Å². The minimum Gasteiger partial charge on any atom is -0.310 e. The molecule has 1 rings (SSSR count). The molecule has 0 aliphatic heterocycles. The molecule has 2 atom stereocenters. The highest BCUT2D eigenvalue weighted by Crippen LogP contribution is 2.17. The first-order valence-corrected chi connectivity index (χ1v) is 7.24. The number of nitrogens with one attached hydrogen (secondary N) is 1. The standard InChI is InChI=1S/C17H29N/c1-7-12(2)10-16(6)18-11-17-14(4)8-13(3)9-15(17)5/h8-9,12,16,18H,7,10-11H2,1-6H3. The van der Waals surface area contributed by atoms with Crippen molar-refractivity contribution in [2.75, 3.05) is 0 Å². The van der Waals surface area contributed by atoms with Crippen molar-refractivity contribution in [2.45, 2.75) is 67.0 Å². The second-order valence-corrected chi connectivity index (χ2v) is 5.91. The zero-order valence-electron chi connectivity index (χ0n) is 12.9. The average molecular weight is 247 g/mol. The summed E-state index contributed by atoms with van der Waals surface area (Å²) < 4.78 is 0. The van der Waals surface area contributed by atoms with Crippen molar-refractivity contribution in [1.82, 2.24) is 5.32 Å². The van der Waals surface area contributed by atoms with E-state index < -0.39 is 0 Å². The summed E-state index contributed by atoms with van der Waals surface area (Å²) in [5.41, 5.74) is 5.66. The van der Waals surface area contributed by atoms with E-state index in [2.05, 4.69) is 59.0 Å².